The largest absolute Gasteiger partial charge is 0.281 e. The zero-order valence-corrected chi connectivity index (χ0v) is 13.5. The molecule has 0 spiro atoms. The second-order valence-electron chi connectivity index (χ2n) is 5.55. The van der Waals surface area contributed by atoms with E-state index < -0.39 is 0 Å². The molecule has 4 nitrogen and oxygen atoms in total. The first-order valence-corrected chi connectivity index (χ1v) is 8.53. The topological polar surface area (TPSA) is 65.2 Å². The number of hydrogen-bond acceptors (Lipinski definition) is 4. The van der Waals surface area contributed by atoms with E-state index in [1.54, 1.807) is 41.8 Å². The molecule has 2 aromatic rings. The van der Waals surface area contributed by atoms with Crippen molar-refractivity contribution in [3.8, 4) is 6.07 Å². The fourth-order valence-corrected chi connectivity index (χ4v) is 3.79. The van der Waals surface area contributed by atoms with Gasteiger partial charge in [0.05, 0.1) is 22.7 Å². The van der Waals surface area contributed by atoms with Gasteiger partial charge in [0.25, 0.3) is 5.91 Å². The van der Waals surface area contributed by atoms with Gasteiger partial charge in [-0.05, 0) is 55.0 Å². The van der Waals surface area contributed by atoms with E-state index in [4.69, 9.17) is 5.26 Å². The molecule has 0 fully saturated rings. The molecule has 116 valence electrons. The lowest BCUT2D eigenvalue weighted by molar-refractivity contribution is 0.0959. The van der Waals surface area contributed by atoms with E-state index in [0.29, 0.717) is 5.56 Å². The zero-order valence-electron chi connectivity index (χ0n) is 12.7. The lowest BCUT2D eigenvalue weighted by Crippen LogP contribution is -2.16. The van der Waals surface area contributed by atoms with Crippen molar-refractivity contribution < 1.29 is 4.79 Å². The second kappa shape index (κ2) is 7.21. The summed E-state index contributed by atoms with van der Waals surface area (Å²) >= 11 is 1.59. The molecule has 1 heterocycles. The molecule has 0 radical (unpaired) electrons. The standard InChI is InChI=1S/C18H17N3OS/c19-11-13-6-8-14(9-7-13)12-20-21-18(22)17-10-15-4-2-1-3-5-16(15)23-17/h6-10,12H,1-5H2,(H,21,22)/b20-12-. The molecule has 1 amide bonds. The Morgan fingerprint density at radius 3 is 2.78 bits per heavy atom. The lowest BCUT2D eigenvalue weighted by Gasteiger charge is -1.97. The average molecular weight is 323 g/mol. The van der Waals surface area contributed by atoms with Gasteiger partial charge in [-0.25, -0.2) is 5.43 Å². The van der Waals surface area contributed by atoms with Gasteiger partial charge < -0.3 is 0 Å². The second-order valence-corrected chi connectivity index (χ2v) is 6.69. The molecule has 0 unspecified atom stereocenters. The Labute approximate surface area is 139 Å². The number of thiophene rings is 1. The molecule has 0 aliphatic heterocycles. The summed E-state index contributed by atoms with van der Waals surface area (Å²) in [5.74, 6) is -0.159. The van der Waals surface area contributed by atoms with Crippen LogP contribution in [0.1, 0.15) is 50.5 Å². The molecule has 0 atom stereocenters. The van der Waals surface area contributed by atoms with Gasteiger partial charge in [-0.1, -0.05) is 18.6 Å². The number of amides is 1. The molecule has 1 N–H and O–H groups in total. The van der Waals surface area contributed by atoms with E-state index in [1.807, 2.05) is 6.07 Å². The van der Waals surface area contributed by atoms with E-state index in [2.05, 4.69) is 16.6 Å². The van der Waals surface area contributed by atoms with Crippen molar-refractivity contribution in [2.24, 2.45) is 5.10 Å². The molecular weight excluding hydrogens is 306 g/mol. The maximum absolute atomic E-state index is 12.2. The molecule has 0 bridgehead atoms. The Hall–Kier alpha value is -2.45. The molecule has 1 aromatic heterocycles. The zero-order chi connectivity index (χ0) is 16.1. The fourth-order valence-electron chi connectivity index (χ4n) is 2.64. The predicted octanol–water partition coefficient (Wildman–Crippen LogP) is 3.65. The van der Waals surface area contributed by atoms with E-state index in [0.717, 1.165) is 23.3 Å². The normalized spacial score (nSPS) is 14.0. The van der Waals surface area contributed by atoms with Gasteiger partial charge in [0.1, 0.15) is 0 Å². The number of benzene rings is 1. The maximum Gasteiger partial charge on any atom is 0.281 e. The first kappa shape index (κ1) is 15.4. The summed E-state index contributed by atoms with van der Waals surface area (Å²) in [7, 11) is 0. The monoisotopic (exact) mass is 323 g/mol. The molecule has 5 heteroatoms. The van der Waals surface area contributed by atoms with E-state index in [9.17, 15) is 4.79 Å². The van der Waals surface area contributed by atoms with Gasteiger partial charge in [0.2, 0.25) is 0 Å². The first-order chi connectivity index (χ1) is 11.3. The highest BCUT2D eigenvalue weighted by atomic mass is 32.1. The Kier molecular flexibility index (Phi) is 4.84. The minimum absolute atomic E-state index is 0.159. The minimum atomic E-state index is -0.159. The summed E-state index contributed by atoms with van der Waals surface area (Å²) < 4.78 is 0. The van der Waals surface area contributed by atoms with Gasteiger partial charge in [0.15, 0.2) is 0 Å². The summed E-state index contributed by atoms with van der Waals surface area (Å²) in [6.07, 6.45) is 7.44. The SMILES string of the molecule is N#Cc1ccc(/C=N\NC(=O)c2cc3c(s2)CCCCC3)cc1. The van der Waals surface area contributed by atoms with Crippen LogP contribution < -0.4 is 5.43 Å². The number of carbonyl (C=O) groups is 1. The summed E-state index contributed by atoms with van der Waals surface area (Å²) in [4.78, 5) is 14.3. The Morgan fingerprint density at radius 2 is 2.00 bits per heavy atom. The molecular formula is C18H17N3OS. The van der Waals surface area contributed by atoms with Crippen LogP contribution in [0, 0.1) is 11.3 Å². The van der Waals surface area contributed by atoms with Crippen LogP contribution >= 0.6 is 11.3 Å². The third kappa shape index (κ3) is 3.85. The van der Waals surface area contributed by atoms with Gasteiger partial charge in [-0.2, -0.15) is 10.4 Å². The van der Waals surface area contributed by atoms with Crippen LogP contribution in [0.3, 0.4) is 0 Å². The van der Waals surface area contributed by atoms with Crippen LogP contribution in [0.2, 0.25) is 0 Å². The smallest absolute Gasteiger partial charge is 0.266 e. The van der Waals surface area contributed by atoms with Crippen molar-refractivity contribution in [2.45, 2.75) is 32.1 Å². The molecule has 0 saturated carbocycles. The van der Waals surface area contributed by atoms with Gasteiger partial charge in [-0.15, -0.1) is 11.3 Å². The van der Waals surface area contributed by atoms with E-state index in [-0.39, 0.29) is 5.91 Å². The van der Waals surface area contributed by atoms with Gasteiger partial charge >= 0.3 is 0 Å². The third-order valence-electron chi connectivity index (χ3n) is 3.89. The number of rotatable bonds is 3. The molecule has 3 rings (SSSR count). The average Bonchev–Trinajstić information content (AvgIpc) is 2.86. The predicted molar refractivity (Wildman–Crippen MR) is 91.8 cm³/mol. The number of hydrazone groups is 1. The van der Waals surface area contributed by atoms with Crippen LogP contribution in [0.15, 0.2) is 35.4 Å². The number of nitrogens with zero attached hydrogens (tertiary/aromatic N) is 2. The maximum atomic E-state index is 12.2. The van der Waals surface area contributed by atoms with Crippen molar-refractivity contribution in [2.75, 3.05) is 0 Å². The quantitative estimate of drug-likeness (QED) is 0.532. The first-order valence-electron chi connectivity index (χ1n) is 7.71. The van der Waals surface area contributed by atoms with Crippen LogP contribution in [-0.4, -0.2) is 12.1 Å². The van der Waals surface area contributed by atoms with Crippen LogP contribution in [0.4, 0.5) is 0 Å². The lowest BCUT2D eigenvalue weighted by atomic mass is 10.1. The number of nitrogens with one attached hydrogen (secondary N) is 1. The molecule has 1 aliphatic carbocycles. The number of fused-ring (bicyclic) bond motifs is 1. The van der Waals surface area contributed by atoms with Gasteiger partial charge in [-0.3, -0.25) is 4.79 Å². The fraction of sp³-hybridized carbons (Fsp3) is 0.278. The number of nitriles is 1. The highest BCUT2D eigenvalue weighted by Crippen LogP contribution is 2.28. The Balaban J connectivity index is 1.62. The van der Waals surface area contributed by atoms with E-state index >= 15 is 0 Å². The summed E-state index contributed by atoms with van der Waals surface area (Å²) in [5.41, 5.74) is 5.35. The van der Waals surface area contributed by atoms with Gasteiger partial charge in [0, 0.05) is 4.88 Å². The van der Waals surface area contributed by atoms with Crippen molar-refractivity contribution in [3.05, 3.63) is 56.8 Å². The molecule has 1 aromatic carbocycles. The van der Waals surface area contributed by atoms with Crippen molar-refractivity contribution in [3.63, 3.8) is 0 Å². The number of aryl methyl sites for hydroxylation is 2. The number of carbonyl (C=O) groups excluding carboxylic acids is 1. The van der Waals surface area contributed by atoms with E-state index in [1.165, 1.54) is 29.7 Å². The van der Waals surface area contributed by atoms with Crippen LogP contribution in [-0.2, 0) is 12.8 Å². The molecule has 0 saturated heterocycles. The molecule has 23 heavy (non-hydrogen) atoms. The van der Waals surface area contributed by atoms with Crippen molar-refractivity contribution >= 4 is 23.5 Å². The summed E-state index contributed by atoms with van der Waals surface area (Å²) in [5, 5.41) is 12.7. The van der Waals surface area contributed by atoms with Crippen LogP contribution in [0.25, 0.3) is 0 Å². The highest BCUT2D eigenvalue weighted by Gasteiger charge is 2.15. The highest BCUT2D eigenvalue weighted by molar-refractivity contribution is 7.14. The Morgan fingerprint density at radius 1 is 1.22 bits per heavy atom. The number of hydrogen-bond donors (Lipinski definition) is 1. The van der Waals surface area contributed by atoms with Crippen molar-refractivity contribution in [1.29, 1.82) is 5.26 Å². The van der Waals surface area contributed by atoms with Crippen molar-refractivity contribution in [1.82, 2.24) is 5.43 Å². The Bertz CT molecular complexity index is 745. The summed E-state index contributed by atoms with van der Waals surface area (Å²) in [6.45, 7) is 0. The molecule has 1 aliphatic rings. The van der Waals surface area contributed by atoms with Crippen LogP contribution in [0.5, 0.6) is 0 Å². The minimum Gasteiger partial charge on any atom is -0.266 e. The summed E-state index contributed by atoms with van der Waals surface area (Å²) in [6, 6.07) is 11.1. The third-order valence-corrected chi connectivity index (χ3v) is 5.13.